The molecular formula is C17H22N2OS. The lowest BCUT2D eigenvalue weighted by atomic mass is 9.97. The Bertz CT molecular complexity index is 511. The number of amides is 1. The molecule has 2 aliphatic rings. The fraction of sp³-hybridized carbons (Fsp3) is 0.529. The predicted octanol–water partition coefficient (Wildman–Crippen LogP) is 2.44. The number of carbonyl (C=O) groups is 1. The van der Waals surface area contributed by atoms with E-state index in [0.29, 0.717) is 29.3 Å². The minimum Gasteiger partial charge on any atom is -0.393 e. The van der Waals surface area contributed by atoms with E-state index in [1.807, 2.05) is 30.3 Å². The number of nitrogens with one attached hydrogen (secondary N) is 1. The first-order valence-electron chi connectivity index (χ1n) is 7.79. The Kier molecular flexibility index (Phi) is 4.24. The van der Waals surface area contributed by atoms with Crippen molar-refractivity contribution in [2.75, 3.05) is 0 Å². The molecule has 1 atom stereocenters. The maximum absolute atomic E-state index is 12.6. The molecule has 112 valence electrons. The Balaban J connectivity index is 1.65. The van der Waals surface area contributed by atoms with Gasteiger partial charge in [-0.3, -0.25) is 4.79 Å². The zero-order valence-corrected chi connectivity index (χ0v) is 12.9. The van der Waals surface area contributed by atoms with E-state index in [4.69, 9.17) is 18.0 Å². The highest BCUT2D eigenvalue weighted by Gasteiger charge is 2.43. The molecule has 2 saturated carbocycles. The van der Waals surface area contributed by atoms with Crippen LogP contribution in [0, 0.1) is 17.8 Å². The minimum absolute atomic E-state index is 0.00940. The number of carbonyl (C=O) groups excluding carboxylic acids is 1. The monoisotopic (exact) mass is 302 g/mol. The Hall–Kier alpha value is -1.42. The van der Waals surface area contributed by atoms with Crippen molar-refractivity contribution in [1.29, 1.82) is 0 Å². The topological polar surface area (TPSA) is 55.1 Å². The molecule has 0 aliphatic heterocycles. The standard InChI is InChI=1S/C17H22N2OS/c18-16(21)14(10-11-4-2-1-3-5-11)17(20)19-15(12-6-7-12)13-8-9-13/h1-5,12-15H,6-10H2,(H2,18,21)(H,19,20). The second-order valence-electron chi connectivity index (χ2n) is 6.35. The fourth-order valence-electron chi connectivity index (χ4n) is 2.97. The van der Waals surface area contributed by atoms with Gasteiger partial charge in [-0.25, -0.2) is 0 Å². The van der Waals surface area contributed by atoms with Crippen LogP contribution in [-0.2, 0) is 11.2 Å². The molecule has 3 nitrogen and oxygen atoms in total. The number of hydrogen-bond donors (Lipinski definition) is 2. The molecule has 0 heterocycles. The van der Waals surface area contributed by atoms with Gasteiger partial charge in [0.25, 0.3) is 0 Å². The van der Waals surface area contributed by atoms with Gasteiger partial charge in [0.05, 0.1) is 10.9 Å². The van der Waals surface area contributed by atoms with Gasteiger partial charge < -0.3 is 11.1 Å². The highest BCUT2D eigenvalue weighted by Crippen LogP contribution is 2.44. The smallest absolute Gasteiger partial charge is 0.230 e. The normalized spacial score (nSPS) is 19.3. The van der Waals surface area contributed by atoms with Crippen LogP contribution in [0.1, 0.15) is 31.2 Å². The average molecular weight is 302 g/mol. The molecule has 1 unspecified atom stereocenters. The van der Waals surface area contributed by atoms with Gasteiger partial charge in [0, 0.05) is 6.04 Å². The Morgan fingerprint density at radius 2 is 1.76 bits per heavy atom. The van der Waals surface area contributed by atoms with Crippen LogP contribution >= 0.6 is 12.2 Å². The molecule has 0 radical (unpaired) electrons. The summed E-state index contributed by atoms with van der Waals surface area (Å²) in [5, 5.41) is 3.24. The molecule has 0 spiro atoms. The van der Waals surface area contributed by atoms with Crippen molar-refractivity contribution >= 4 is 23.1 Å². The van der Waals surface area contributed by atoms with Crippen molar-refractivity contribution < 1.29 is 4.79 Å². The maximum Gasteiger partial charge on any atom is 0.230 e. The number of thiocarbonyl (C=S) groups is 1. The molecule has 0 aromatic heterocycles. The van der Waals surface area contributed by atoms with E-state index in [0.717, 1.165) is 5.56 Å². The molecular weight excluding hydrogens is 280 g/mol. The quantitative estimate of drug-likeness (QED) is 0.761. The number of nitrogens with two attached hydrogens (primary N) is 1. The highest BCUT2D eigenvalue weighted by molar-refractivity contribution is 7.80. The van der Waals surface area contributed by atoms with Gasteiger partial charge >= 0.3 is 0 Å². The SMILES string of the molecule is NC(=S)C(Cc1ccccc1)C(=O)NC(C1CC1)C1CC1. The van der Waals surface area contributed by atoms with Crippen molar-refractivity contribution in [2.24, 2.45) is 23.5 Å². The third kappa shape index (κ3) is 3.82. The molecule has 2 aliphatic carbocycles. The van der Waals surface area contributed by atoms with Gasteiger partial charge in [0.15, 0.2) is 0 Å². The third-order valence-corrected chi connectivity index (χ3v) is 4.80. The van der Waals surface area contributed by atoms with Crippen LogP contribution in [0.4, 0.5) is 0 Å². The van der Waals surface area contributed by atoms with Crippen molar-refractivity contribution in [3.63, 3.8) is 0 Å². The fourth-order valence-corrected chi connectivity index (χ4v) is 3.16. The molecule has 3 N–H and O–H groups in total. The number of hydrogen-bond acceptors (Lipinski definition) is 2. The molecule has 1 aromatic carbocycles. The van der Waals surface area contributed by atoms with Crippen molar-refractivity contribution in [3.05, 3.63) is 35.9 Å². The van der Waals surface area contributed by atoms with Crippen LogP contribution in [0.15, 0.2) is 30.3 Å². The van der Waals surface area contributed by atoms with E-state index in [9.17, 15) is 4.79 Å². The van der Waals surface area contributed by atoms with E-state index in [1.165, 1.54) is 25.7 Å². The van der Waals surface area contributed by atoms with Crippen molar-refractivity contribution in [2.45, 2.75) is 38.1 Å². The molecule has 21 heavy (non-hydrogen) atoms. The molecule has 0 saturated heterocycles. The summed E-state index contributed by atoms with van der Waals surface area (Å²) in [7, 11) is 0. The van der Waals surface area contributed by atoms with E-state index >= 15 is 0 Å². The lowest BCUT2D eigenvalue weighted by Crippen LogP contribution is -2.45. The Morgan fingerprint density at radius 1 is 1.19 bits per heavy atom. The first-order valence-corrected chi connectivity index (χ1v) is 8.19. The molecule has 3 rings (SSSR count). The Morgan fingerprint density at radius 3 is 2.24 bits per heavy atom. The van der Waals surface area contributed by atoms with Gasteiger partial charge in [0.2, 0.25) is 5.91 Å². The summed E-state index contributed by atoms with van der Waals surface area (Å²) in [4.78, 5) is 12.9. The van der Waals surface area contributed by atoms with Crippen LogP contribution in [0.5, 0.6) is 0 Å². The van der Waals surface area contributed by atoms with Crippen molar-refractivity contribution in [1.82, 2.24) is 5.32 Å². The summed E-state index contributed by atoms with van der Waals surface area (Å²) in [6.45, 7) is 0. The van der Waals surface area contributed by atoms with Crippen LogP contribution in [-0.4, -0.2) is 16.9 Å². The summed E-state index contributed by atoms with van der Waals surface area (Å²) in [5.74, 6) is 0.980. The molecule has 0 bridgehead atoms. The lowest BCUT2D eigenvalue weighted by molar-refractivity contribution is -0.124. The molecule has 1 aromatic rings. The van der Waals surface area contributed by atoms with Crippen LogP contribution in [0.2, 0.25) is 0 Å². The van der Waals surface area contributed by atoms with Crippen LogP contribution in [0.25, 0.3) is 0 Å². The van der Waals surface area contributed by atoms with Crippen LogP contribution < -0.4 is 11.1 Å². The minimum atomic E-state index is -0.401. The second kappa shape index (κ2) is 6.14. The highest BCUT2D eigenvalue weighted by atomic mass is 32.1. The third-order valence-electron chi connectivity index (χ3n) is 4.51. The van der Waals surface area contributed by atoms with Gasteiger partial charge in [-0.2, -0.15) is 0 Å². The van der Waals surface area contributed by atoms with Gasteiger partial charge in [-0.05, 0) is 49.5 Å². The summed E-state index contributed by atoms with van der Waals surface area (Å²) in [5.41, 5.74) is 6.91. The lowest BCUT2D eigenvalue weighted by Gasteiger charge is -2.22. The first-order chi connectivity index (χ1) is 10.1. The molecule has 1 amide bonds. The largest absolute Gasteiger partial charge is 0.393 e. The van der Waals surface area contributed by atoms with Gasteiger partial charge in [0.1, 0.15) is 0 Å². The van der Waals surface area contributed by atoms with Gasteiger partial charge in [-0.15, -0.1) is 0 Å². The summed E-state index contributed by atoms with van der Waals surface area (Å²) in [6.07, 6.45) is 5.58. The zero-order chi connectivity index (χ0) is 14.8. The van der Waals surface area contributed by atoms with E-state index in [2.05, 4.69) is 5.32 Å². The van der Waals surface area contributed by atoms with Gasteiger partial charge in [-0.1, -0.05) is 42.5 Å². The van der Waals surface area contributed by atoms with E-state index < -0.39 is 5.92 Å². The van der Waals surface area contributed by atoms with Crippen LogP contribution in [0.3, 0.4) is 0 Å². The average Bonchev–Trinajstić information content (AvgIpc) is 3.36. The number of rotatable bonds is 7. The first kappa shape index (κ1) is 14.5. The summed E-state index contributed by atoms with van der Waals surface area (Å²) in [6, 6.07) is 10.3. The summed E-state index contributed by atoms with van der Waals surface area (Å²) >= 11 is 5.12. The van der Waals surface area contributed by atoms with Crippen molar-refractivity contribution in [3.8, 4) is 0 Å². The predicted molar refractivity (Wildman–Crippen MR) is 87.8 cm³/mol. The number of benzene rings is 1. The zero-order valence-electron chi connectivity index (χ0n) is 12.1. The molecule has 2 fully saturated rings. The molecule has 4 heteroatoms. The van der Waals surface area contributed by atoms with E-state index in [-0.39, 0.29) is 5.91 Å². The van der Waals surface area contributed by atoms with E-state index in [1.54, 1.807) is 0 Å². The maximum atomic E-state index is 12.6. The summed E-state index contributed by atoms with van der Waals surface area (Å²) < 4.78 is 0. The second-order valence-corrected chi connectivity index (χ2v) is 6.83. The Labute approximate surface area is 131 Å².